The number of rotatable bonds is 1. The second-order valence-corrected chi connectivity index (χ2v) is 6.47. The van der Waals surface area contributed by atoms with E-state index >= 15 is 0 Å². The highest BCUT2D eigenvalue weighted by Crippen LogP contribution is 2.51. The van der Waals surface area contributed by atoms with Crippen LogP contribution in [-0.2, 0) is 0 Å². The van der Waals surface area contributed by atoms with Crippen LogP contribution in [-0.4, -0.2) is 28.2 Å². The molecule has 0 amide bonds. The minimum absolute atomic E-state index is 0.514. The SMILES string of the molecule is Cc1noc2ncnc(N3CCC(C)C4(CCC4)C3)c12. The van der Waals surface area contributed by atoms with E-state index in [4.69, 9.17) is 4.52 Å². The molecule has 1 spiro atoms. The molecule has 3 heterocycles. The van der Waals surface area contributed by atoms with E-state index < -0.39 is 0 Å². The lowest BCUT2D eigenvalue weighted by Crippen LogP contribution is -2.52. The molecule has 2 aromatic rings. The molecule has 0 radical (unpaired) electrons. The fourth-order valence-electron chi connectivity index (χ4n) is 3.88. The molecule has 1 aliphatic carbocycles. The lowest BCUT2D eigenvalue weighted by molar-refractivity contribution is 0.0446. The van der Waals surface area contributed by atoms with Gasteiger partial charge in [-0.25, -0.2) is 4.98 Å². The molecule has 1 unspecified atom stereocenters. The van der Waals surface area contributed by atoms with Crippen molar-refractivity contribution in [3.05, 3.63) is 12.0 Å². The van der Waals surface area contributed by atoms with Crippen molar-refractivity contribution in [3.8, 4) is 0 Å². The Balaban J connectivity index is 1.74. The largest absolute Gasteiger partial charge is 0.355 e. The topological polar surface area (TPSA) is 55.1 Å². The molecule has 0 aromatic carbocycles. The van der Waals surface area contributed by atoms with Crippen molar-refractivity contribution in [2.75, 3.05) is 18.0 Å². The summed E-state index contributed by atoms with van der Waals surface area (Å²) in [5, 5.41) is 5.02. The van der Waals surface area contributed by atoms with Crippen molar-refractivity contribution in [2.24, 2.45) is 11.3 Å². The fraction of sp³-hybridized carbons (Fsp3) is 0.667. The summed E-state index contributed by atoms with van der Waals surface area (Å²) in [4.78, 5) is 11.1. The minimum Gasteiger partial charge on any atom is -0.355 e. The summed E-state index contributed by atoms with van der Waals surface area (Å²) < 4.78 is 5.27. The Labute approximate surface area is 118 Å². The maximum absolute atomic E-state index is 5.27. The summed E-state index contributed by atoms with van der Waals surface area (Å²) >= 11 is 0. The van der Waals surface area contributed by atoms with E-state index in [0.717, 1.165) is 35.9 Å². The van der Waals surface area contributed by atoms with Crippen molar-refractivity contribution in [1.82, 2.24) is 15.1 Å². The van der Waals surface area contributed by atoms with E-state index in [0.29, 0.717) is 11.1 Å². The van der Waals surface area contributed by atoms with Crippen LogP contribution in [0.2, 0.25) is 0 Å². The first-order valence-electron chi connectivity index (χ1n) is 7.51. The van der Waals surface area contributed by atoms with E-state index in [-0.39, 0.29) is 0 Å². The van der Waals surface area contributed by atoms with Crippen LogP contribution in [0.1, 0.15) is 38.3 Å². The number of nitrogens with zero attached hydrogens (tertiary/aromatic N) is 4. The average molecular weight is 272 g/mol. The zero-order valence-electron chi connectivity index (χ0n) is 12.1. The third-order valence-corrected chi connectivity index (χ3v) is 5.46. The molecule has 5 nitrogen and oxygen atoms in total. The third-order valence-electron chi connectivity index (χ3n) is 5.46. The Morgan fingerprint density at radius 1 is 1.35 bits per heavy atom. The molecule has 1 saturated heterocycles. The molecule has 4 rings (SSSR count). The molecule has 0 N–H and O–H groups in total. The summed E-state index contributed by atoms with van der Waals surface area (Å²) in [6.45, 7) is 6.56. The number of aromatic nitrogens is 3. The second-order valence-electron chi connectivity index (χ2n) is 6.47. The molecule has 1 saturated carbocycles. The Morgan fingerprint density at radius 3 is 2.95 bits per heavy atom. The maximum atomic E-state index is 5.27. The highest BCUT2D eigenvalue weighted by Gasteiger charge is 2.46. The van der Waals surface area contributed by atoms with Crippen LogP contribution >= 0.6 is 0 Å². The highest BCUT2D eigenvalue weighted by molar-refractivity contribution is 5.87. The summed E-state index contributed by atoms with van der Waals surface area (Å²) in [5.41, 5.74) is 2.01. The van der Waals surface area contributed by atoms with Gasteiger partial charge in [0.25, 0.3) is 5.71 Å². The summed E-state index contributed by atoms with van der Waals surface area (Å²) in [6, 6.07) is 0. The van der Waals surface area contributed by atoms with E-state index in [2.05, 4.69) is 26.9 Å². The third kappa shape index (κ3) is 1.58. The number of aryl methyl sites for hydroxylation is 1. The molecule has 20 heavy (non-hydrogen) atoms. The summed E-state index contributed by atoms with van der Waals surface area (Å²) in [7, 11) is 0. The van der Waals surface area contributed by atoms with Gasteiger partial charge in [-0.2, -0.15) is 4.98 Å². The fourth-order valence-corrected chi connectivity index (χ4v) is 3.88. The average Bonchev–Trinajstić information content (AvgIpc) is 2.80. The molecule has 2 fully saturated rings. The molecule has 2 aliphatic rings. The number of anilines is 1. The number of piperidine rings is 1. The second kappa shape index (κ2) is 4.17. The zero-order chi connectivity index (χ0) is 13.7. The van der Waals surface area contributed by atoms with E-state index in [1.807, 2.05) is 6.92 Å². The van der Waals surface area contributed by atoms with Crippen LogP contribution in [0.3, 0.4) is 0 Å². The first-order valence-corrected chi connectivity index (χ1v) is 7.51. The van der Waals surface area contributed by atoms with Crippen LogP contribution < -0.4 is 4.90 Å². The Morgan fingerprint density at radius 2 is 2.20 bits per heavy atom. The molecule has 1 aliphatic heterocycles. The Bertz CT molecular complexity index is 646. The zero-order valence-corrected chi connectivity index (χ0v) is 12.1. The molecular weight excluding hydrogens is 252 g/mol. The number of hydrogen-bond donors (Lipinski definition) is 0. The van der Waals surface area contributed by atoms with Gasteiger partial charge < -0.3 is 9.42 Å². The Kier molecular flexibility index (Phi) is 2.53. The predicted molar refractivity (Wildman–Crippen MR) is 76.6 cm³/mol. The minimum atomic E-state index is 0.514. The van der Waals surface area contributed by atoms with Crippen molar-refractivity contribution < 1.29 is 4.52 Å². The van der Waals surface area contributed by atoms with Crippen molar-refractivity contribution in [3.63, 3.8) is 0 Å². The molecule has 0 bridgehead atoms. The highest BCUT2D eigenvalue weighted by atomic mass is 16.5. The van der Waals surface area contributed by atoms with Crippen molar-refractivity contribution in [2.45, 2.75) is 39.5 Å². The first-order chi connectivity index (χ1) is 9.70. The van der Waals surface area contributed by atoms with Gasteiger partial charge >= 0.3 is 0 Å². The quantitative estimate of drug-likeness (QED) is 0.799. The van der Waals surface area contributed by atoms with Crippen LogP contribution in [0.5, 0.6) is 0 Å². The smallest absolute Gasteiger partial charge is 0.263 e. The first kappa shape index (κ1) is 12.1. The van der Waals surface area contributed by atoms with Gasteiger partial charge in [-0.3, -0.25) is 0 Å². The van der Waals surface area contributed by atoms with Gasteiger partial charge in [-0.1, -0.05) is 18.5 Å². The van der Waals surface area contributed by atoms with Gasteiger partial charge in [0.1, 0.15) is 17.5 Å². The van der Waals surface area contributed by atoms with Gasteiger partial charge in [0.2, 0.25) is 0 Å². The lowest BCUT2D eigenvalue weighted by Gasteiger charge is -2.53. The van der Waals surface area contributed by atoms with Crippen LogP contribution in [0.4, 0.5) is 5.82 Å². The van der Waals surface area contributed by atoms with Crippen LogP contribution in [0, 0.1) is 18.3 Å². The van der Waals surface area contributed by atoms with E-state index in [9.17, 15) is 0 Å². The summed E-state index contributed by atoms with van der Waals surface area (Å²) in [5.74, 6) is 1.83. The number of fused-ring (bicyclic) bond motifs is 1. The van der Waals surface area contributed by atoms with Crippen LogP contribution in [0.15, 0.2) is 10.9 Å². The van der Waals surface area contributed by atoms with Gasteiger partial charge in [0, 0.05) is 13.1 Å². The molecule has 1 atom stereocenters. The lowest BCUT2D eigenvalue weighted by atomic mass is 9.59. The van der Waals surface area contributed by atoms with Gasteiger partial charge in [0.15, 0.2) is 0 Å². The van der Waals surface area contributed by atoms with Crippen molar-refractivity contribution >= 4 is 16.9 Å². The monoisotopic (exact) mass is 272 g/mol. The normalized spacial score (nSPS) is 25.1. The molecule has 106 valence electrons. The van der Waals surface area contributed by atoms with Gasteiger partial charge in [0.05, 0.1) is 5.69 Å². The van der Waals surface area contributed by atoms with Crippen LogP contribution in [0.25, 0.3) is 11.1 Å². The predicted octanol–water partition coefficient (Wildman–Crippen LogP) is 2.94. The molecule has 2 aromatic heterocycles. The summed E-state index contributed by atoms with van der Waals surface area (Å²) in [6.07, 6.45) is 6.94. The van der Waals surface area contributed by atoms with E-state index in [1.165, 1.54) is 25.7 Å². The number of hydrogen-bond acceptors (Lipinski definition) is 5. The molecule has 5 heteroatoms. The molecular formula is C15H20N4O. The van der Waals surface area contributed by atoms with Gasteiger partial charge in [-0.15, -0.1) is 0 Å². The maximum Gasteiger partial charge on any atom is 0.263 e. The van der Waals surface area contributed by atoms with Crippen molar-refractivity contribution in [1.29, 1.82) is 0 Å². The van der Waals surface area contributed by atoms with E-state index in [1.54, 1.807) is 6.33 Å². The standard InChI is InChI=1S/C15H20N4O/c1-10-4-7-19(8-15(10)5-3-6-15)13-12-11(2)18-20-14(12)17-9-16-13/h9-10H,3-8H2,1-2H3. The Hall–Kier alpha value is -1.65. The van der Waals surface area contributed by atoms with Gasteiger partial charge in [-0.05, 0) is 37.5 Å².